The Morgan fingerprint density at radius 3 is 2.10 bits per heavy atom. The summed E-state index contributed by atoms with van der Waals surface area (Å²) in [6, 6.07) is 0. The number of rotatable bonds is 4. The average Bonchev–Trinajstić information content (AvgIpc) is 3.09. The third kappa shape index (κ3) is 3.18. The Labute approximate surface area is 125 Å². The van der Waals surface area contributed by atoms with Crippen molar-refractivity contribution in [1.82, 2.24) is 15.0 Å². The lowest BCUT2D eigenvalue weighted by molar-refractivity contribution is 0.392. The molecule has 3 heterocycles. The number of hydrogen-bond donors (Lipinski definition) is 2. The van der Waals surface area contributed by atoms with Gasteiger partial charge in [-0.05, 0) is 31.6 Å². The molecule has 7 heteroatoms. The maximum Gasteiger partial charge on any atom is 0.243 e. The zero-order valence-electron chi connectivity index (χ0n) is 12.8. The number of nitrogens with two attached hydrogens (primary N) is 1. The van der Waals surface area contributed by atoms with Crippen LogP contribution in [0.4, 0.5) is 17.8 Å². The van der Waals surface area contributed by atoms with Crippen molar-refractivity contribution < 1.29 is 0 Å². The fourth-order valence-electron chi connectivity index (χ4n) is 3.16. The van der Waals surface area contributed by atoms with Gasteiger partial charge in [-0.15, -0.1) is 0 Å². The van der Waals surface area contributed by atoms with Crippen LogP contribution < -0.4 is 21.1 Å². The van der Waals surface area contributed by atoms with Crippen molar-refractivity contribution in [2.75, 3.05) is 41.4 Å². The third-order valence-corrected chi connectivity index (χ3v) is 4.60. The molecule has 0 atom stereocenters. The maximum atomic E-state index is 5.52. The van der Waals surface area contributed by atoms with Crippen LogP contribution in [-0.2, 0) is 0 Å². The number of piperidine rings is 1. The van der Waals surface area contributed by atoms with E-state index in [0.29, 0.717) is 5.95 Å². The third-order valence-electron chi connectivity index (χ3n) is 4.60. The number of hydrogen-bond acceptors (Lipinski definition) is 7. The van der Waals surface area contributed by atoms with Crippen molar-refractivity contribution in [2.24, 2.45) is 11.8 Å². The summed E-state index contributed by atoms with van der Waals surface area (Å²) in [6.07, 6.45) is 6.10. The molecular formula is C14H25N7. The molecule has 7 nitrogen and oxygen atoms in total. The second-order valence-corrected chi connectivity index (χ2v) is 5.94. The van der Waals surface area contributed by atoms with Crippen molar-refractivity contribution >= 4 is 17.8 Å². The first-order chi connectivity index (χ1) is 10.3. The van der Waals surface area contributed by atoms with E-state index in [1.54, 1.807) is 0 Å². The highest BCUT2D eigenvalue weighted by molar-refractivity contribution is 5.45. The van der Waals surface area contributed by atoms with Crippen LogP contribution in [0.25, 0.3) is 0 Å². The first-order valence-electron chi connectivity index (χ1n) is 8.02. The molecule has 0 radical (unpaired) electrons. The lowest BCUT2D eigenvalue weighted by Crippen LogP contribution is -2.35. The van der Waals surface area contributed by atoms with Crippen molar-refractivity contribution in [3.05, 3.63) is 0 Å². The van der Waals surface area contributed by atoms with Gasteiger partial charge in [-0.25, -0.2) is 5.84 Å². The van der Waals surface area contributed by atoms with Gasteiger partial charge in [0, 0.05) is 26.2 Å². The topological polar surface area (TPSA) is 83.2 Å². The fourth-order valence-corrected chi connectivity index (χ4v) is 3.16. The van der Waals surface area contributed by atoms with Gasteiger partial charge in [-0.2, -0.15) is 15.0 Å². The highest BCUT2D eigenvalue weighted by Gasteiger charge is 2.23. The Balaban J connectivity index is 1.79. The van der Waals surface area contributed by atoms with Gasteiger partial charge in [0.25, 0.3) is 0 Å². The van der Waals surface area contributed by atoms with E-state index in [2.05, 4.69) is 37.1 Å². The molecule has 2 saturated heterocycles. The molecule has 2 aliphatic heterocycles. The Hall–Kier alpha value is -1.63. The summed E-state index contributed by atoms with van der Waals surface area (Å²) in [7, 11) is 0. The molecule has 0 spiro atoms. The van der Waals surface area contributed by atoms with Crippen LogP contribution in [0.2, 0.25) is 0 Å². The number of nitrogen functional groups attached to an aromatic ring is 1. The SMILES string of the molecule is CCC1CCN(c2nc(NN)nc(N3CCCC3)n2)CC1. The van der Waals surface area contributed by atoms with E-state index in [4.69, 9.17) is 5.84 Å². The van der Waals surface area contributed by atoms with Crippen LogP contribution in [0.15, 0.2) is 0 Å². The summed E-state index contributed by atoms with van der Waals surface area (Å²) < 4.78 is 0. The molecule has 2 fully saturated rings. The van der Waals surface area contributed by atoms with E-state index in [9.17, 15) is 0 Å². The smallest absolute Gasteiger partial charge is 0.243 e. The molecule has 1 aromatic rings. The van der Waals surface area contributed by atoms with Crippen molar-refractivity contribution in [1.29, 1.82) is 0 Å². The Morgan fingerprint density at radius 2 is 1.57 bits per heavy atom. The van der Waals surface area contributed by atoms with Gasteiger partial charge in [0.2, 0.25) is 17.8 Å². The first-order valence-corrected chi connectivity index (χ1v) is 8.02. The van der Waals surface area contributed by atoms with Crippen molar-refractivity contribution in [2.45, 2.75) is 39.0 Å². The minimum absolute atomic E-state index is 0.458. The average molecular weight is 291 g/mol. The van der Waals surface area contributed by atoms with Gasteiger partial charge >= 0.3 is 0 Å². The van der Waals surface area contributed by atoms with Crippen molar-refractivity contribution in [3.63, 3.8) is 0 Å². The number of aromatic nitrogens is 3. The van der Waals surface area contributed by atoms with Crippen LogP contribution in [0, 0.1) is 5.92 Å². The standard InChI is InChI=1S/C14H25N7/c1-2-11-5-9-21(10-6-11)14-17-12(19-15)16-13(18-14)20-7-3-4-8-20/h11H,2-10,15H2,1H3,(H,16,17,18,19). The van der Waals surface area contributed by atoms with Crippen LogP contribution in [0.3, 0.4) is 0 Å². The highest BCUT2D eigenvalue weighted by atomic mass is 15.4. The van der Waals surface area contributed by atoms with E-state index in [1.807, 2.05) is 0 Å². The summed E-state index contributed by atoms with van der Waals surface area (Å²) in [5, 5.41) is 0. The van der Waals surface area contributed by atoms with Gasteiger partial charge in [0.1, 0.15) is 0 Å². The quantitative estimate of drug-likeness (QED) is 0.640. The van der Waals surface area contributed by atoms with E-state index in [1.165, 1.54) is 32.1 Å². The minimum Gasteiger partial charge on any atom is -0.341 e. The van der Waals surface area contributed by atoms with Crippen LogP contribution in [-0.4, -0.2) is 41.1 Å². The minimum atomic E-state index is 0.458. The number of nitrogens with one attached hydrogen (secondary N) is 1. The maximum absolute atomic E-state index is 5.52. The molecule has 1 aromatic heterocycles. The summed E-state index contributed by atoms with van der Waals surface area (Å²) in [4.78, 5) is 18.0. The molecule has 0 aromatic carbocycles. The summed E-state index contributed by atoms with van der Waals surface area (Å²) >= 11 is 0. The highest BCUT2D eigenvalue weighted by Crippen LogP contribution is 2.25. The van der Waals surface area contributed by atoms with Gasteiger partial charge in [0.05, 0.1) is 0 Å². The zero-order chi connectivity index (χ0) is 14.7. The largest absolute Gasteiger partial charge is 0.341 e. The molecule has 21 heavy (non-hydrogen) atoms. The molecule has 116 valence electrons. The Kier molecular flexibility index (Phi) is 4.38. The van der Waals surface area contributed by atoms with E-state index in [0.717, 1.165) is 44.0 Å². The Morgan fingerprint density at radius 1 is 1.00 bits per heavy atom. The summed E-state index contributed by atoms with van der Waals surface area (Å²) in [6.45, 7) is 6.35. The number of nitrogens with zero attached hydrogens (tertiary/aromatic N) is 5. The molecule has 3 N–H and O–H groups in total. The normalized spacial score (nSPS) is 20.1. The predicted octanol–water partition coefficient (Wildman–Crippen LogP) is 1.38. The fraction of sp³-hybridized carbons (Fsp3) is 0.786. The van der Waals surface area contributed by atoms with Gasteiger partial charge in [0.15, 0.2) is 0 Å². The van der Waals surface area contributed by atoms with Gasteiger partial charge in [-0.3, -0.25) is 5.43 Å². The molecule has 0 saturated carbocycles. The van der Waals surface area contributed by atoms with E-state index >= 15 is 0 Å². The van der Waals surface area contributed by atoms with E-state index < -0.39 is 0 Å². The second kappa shape index (κ2) is 6.43. The summed E-state index contributed by atoms with van der Waals surface area (Å²) in [5.74, 6) is 8.33. The van der Waals surface area contributed by atoms with Gasteiger partial charge in [-0.1, -0.05) is 13.3 Å². The molecule has 0 amide bonds. The lowest BCUT2D eigenvalue weighted by atomic mass is 9.95. The number of anilines is 3. The summed E-state index contributed by atoms with van der Waals surface area (Å²) in [5.41, 5.74) is 2.57. The molecule has 2 aliphatic rings. The zero-order valence-corrected chi connectivity index (χ0v) is 12.8. The van der Waals surface area contributed by atoms with E-state index in [-0.39, 0.29) is 0 Å². The molecule has 0 unspecified atom stereocenters. The monoisotopic (exact) mass is 291 g/mol. The van der Waals surface area contributed by atoms with Gasteiger partial charge < -0.3 is 9.80 Å². The van der Waals surface area contributed by atoms with Crippen LogP contribution >= 0.6 is 0 Å². The Bertz CT molecular complexity index is 464. The predicted molar refractivity (Wildman–Crippen MR) is 84.3 cm³/mol. The molecule has 0 bridgehead atoms. The van der Waals surface area contributed by atoms with Crippen LogP contribution in [0.5, 0.6) is 0 Å². The molecular weight excluding hydrogens is 266 g/mol. The lowest BCUT2D eigenvalue weighted by Gasteiger charge is -2.32. The first kappa shape index (κ1) is 14.3. The second-order valence-electron chi connectivity index (χ2n) is 5.94. The molecule has 3 rings (SSSR count). The van der Waals surface area contributed by atoms with Crippen LogP contribution in [0.1, 0.15) is 39.0 Å². The molecule has 0 aliphatic carbocycles. The van der Waals surface area contributed by atoms with Crippen molar-refractivity contribution in [3.8, 4) is 0 Å². The number of hydrazine groups is 1.